The summed E-state index contributed by atoms with van der Waals surface area (Å²) in [7, 11) is 0. The van der Waals surface area contributed by atoms with E-state index in [1.807, 2.05) is 0 Å². The van der Waals surface area contributed by atoms with Crippen LogP contribution in [-0.4, -0.2) is 10.4 Å². The van der Waals surface area contributed by atoms with E-state index in [1.54, 1.807) is 0 Å². The maximum absolute atomic E-state index is 13.1. The number of hydrogen-bond donors (Lipinski definition) is 1. The molecule has 0 saturated heterocycles. The van der Waals surface area contributed by atoms with Gasteiger partial charge in [-0.25, -0.2) is 8.78 Å². The van der Waals surface area contributed by atoms with Crippen molar-refractivity contribution in [2.24, 2.45) is 5.16 Å². The molecule has 0 radical (unpaired) electrons. The van der Waals surface area contributed by atoms with Gasteiger partial charge in [-0.1, -0.05) is 16.8 Å². The average Bonchev–Trinajstić information content (AvgIpc) is 2.12. The van der Waals surface area contributed by atoms with Gasteiger partial charge in [0.2, 0.25) is 0 Å². The molecule has 0 spiro atoms. The summed E-state index contributed by atoms with van der Waals surface area (Å²) >= 11 is 8.11. The van der Waals surface area contributed by atoms with Crippen molar-refractivity contribution >= 4 is 32.7 Å². The molecular formula is C7H3BrClF2NO. The first-order valence-corrected chi connectivity index (χ1v) is 4.26. The van der Waals surface area contributed by atoms with Gasteiger partial charge in [-0.2, -0.15) is 0 Å². The second kappa shape index (κ2) is 4.02. The lowest BCUT2D eigenvalue weighted by Crippen LogP contribution is -2.01. The summed E-state index contributed by atoms with van der Waals surface area (Å²) in [5.41, 5.74) is -0.557. The Hall–Kier alpha value is -0.680. The van der Waals surface area contributed by atoms with Gasteiger partial charge in [0.05, 0.1) is 10.0 Å². The van der Waals surface area contributed by atoms with Gasteiger partial charge in [0.1, 0.15) is 5.82 Å². The first-order chi connectivity index (χ1) is 6.07. The summed E-state index contributed by atoms with van der Waals surface area (Å²) in [5.74, 6) is -1.79. The van der Waals surface area contributed by atoms with E-state index >= 15 is 0 Å². The smallest absolute Gasteiger partial charge is 0.181 e. The molecule has 0 amide bonds. The molecule has 1 rings (SSSR count). The molecule has 1 N–H and O–H groups in total. The first-order valence-electron chi connectivity index (χ1n) is 3.09. The van der Waals surface area contributed by atoms with E-state index in [1.165, 1.54) is 6.07 Å². The fourth-order valence-corrected chi connectivity index (χ4v) is 1.27. The van der Waals surface area contributed by atoms with Crippen molar-refractivity contribution in [1.29, 1.82) is 0 Å². The topological polar surface area (TPSA) is 32.6 Å². The summed E-state index contributed by atoms with van der Waals surface area (Å²) in [6.07, 6.45) is 0. The van der Waals surface area contributed by atoms with E-state index in [0.29, 0.717) is 0 Å². The van der Waals surface area contributed by atoms with Crippen LogP contribution < -0.4 is 0 Å². The SMILES string of the molecule is ON=C(Cl)c1c(F)ccc(Br)c1F. The van der Waals surface area contributed by atoms with Crippen LogP contribution in [0.1, 0.15) is 5.56 Å². The van der Waals surface area contributed by atoms with Crippen LogP contribution in [0.3, 0.4) is 0 Å². The van der Waals surface area contributed by atoms with Crippen LogP contribution in [0.5, 0.6) is 0 Å². The molecule has 0 saturated carbocycles. The van der Waals surface area contributed by atoms with Crippen molar-refractivity contribution in [3.63, 3.8) is 0 Å². The van der Waals surface area contributed by atoms with Crippen molar-refractivity contribution in [2.45, 2.75) is 0 Å². The van der Waals surface area contributed by atoms with E-state index in [2.05, 4.69) is 21.1 Å². The molecule has 0 aliphatic carbocycles. The molecule has 1 aromatic rings. The summed E-state index contributed by atoms with van der Waals surface area (Å²) < 4.78 is 26.1. The highest BCUT2D eigenvalue weighted by atomic mass is 79.9. The Kier molecular flexibility index (Phi) is 3.22. The Bertz CT molecular complexity index is 370. The van der Waals surface area contributed by atoms with Gasteiger partial charge in [-0.15, -0.1) is 0 Å². The van der Waals surface area contributed by atoms with E-state index in [9.17, 15) is 8.78 Å². The molecule has 0 heterocycles. The average molecular weight is 270 g/mol. The van der Waals surface area contributed by atoms with Gasteiger partial charge in [0.15, 0.2) is 11.0 Å². The lowest BCUT2D eigenvalue weighted by atomic mass is 10.2. The molecule has 0 bridgehead atoms. The van der Waals surface area contributed by atoms with Crippen molar-refractivity contribution in [3.8, 4) is 0 Å². The molecule has 13 heavy (non-hydrogen) atoms. The predicted octanol–water partition coefficient (Wildman–Crippen LogP) is 3.10. The fourth-order valence-electron chi connectivity index (χ4n) is 0.766. The highest BCUT2D eigenvalue weighted by Gasteiger charge is 2.16. The van der Waals surface area contributed by atoms with Crippen LogP contribution in [-0.2, 0) is 0 Å². The molecule has 0 atom stereocenters. The number of halogens is 4. The Morgan fingerprint density at radius 3 is 2.62 bits per heavy atom. The summed E-state index contributed by atoms with van der Waals surface area (Å²) in [6, 6.07) is 2.20. The minimum Gasteiger partial charge on any atom is -0.410 e. The van der Waals surface area contributed by atoms with Crippen LogP contribution in [0.4, 0.5) is 8.78 Å². The quantitative estimate of drug-likeness (QED) is 0.362. The monoisotopic (exact) mass is 269 g/mol. The first kappa shape index (κ1) is 10.4. The van der Waals surface area contributed by atoms with Crippen LogP contribution in [0.2, 0.25) is 0 Å². The molecule has 0 aliphatic rings. The zero-order valence-corrected chi connectivity index (χ0v) is 8.40. The minimum absolute atomic E-state index is 0.0469. The highest BCUT2D eigenvalue weighted by Crippen LogP contribution is 2.23. The molecule has 2 nitrogen and oxygen atoms in total. The largest absolute Gasteiger partial charge is 0.410 e. The van der Waals surface area contributed by atoms with Gasteiger partial charge < -0.3 is 5.21 Å². The third-order valence-corrected chi connectivity index (χ3v) is 2.22. The molecule has 0 aliphatic heterocycles. The third-order valence-electron chi connectivity index (χ3n) is 1.34. The van der Waals surface area contributed by atoms with E-state index in [-0.39, 0.29) is 4.47 Å². The molecule has 0 aromatic heterocycles. The highest BCUT2D eigenvalue weighted by molar-refractivity contribution is 9.10. The van der Waals surface area contributed by atoms with E-state index < -0.39 is 22.4 Å². The summed E-state index contributed by atoms with van der Waals surface area (Å²) in [6.45, 7) is 0. The molecular weight excluding hydrogens is 267 g/mol. The molecule has 6 heteroatoms. The van der Waals surface area contributed by atoms with Gasteiger partial charge in [0, 0.05) is 0 Å². The van der Waals surface area contributed by atoms with Crippen LogP contribution in [0.15, 0.2) is 21.8 Å². The third kappa shape index (κ3) is 1.97. The van der Waals surface area contributed by atoms with Crippen molar-refractivity contribution in [3.05, 3.63) is 33.8 Å². The maximum Gasteiger partial charge on any atom is 0.181 e. The second-order valence-electron chi connectivity index (χ2n) is 2.11. The number of rotatable bonds is 1. The lowest BCUT2D eigenvalue weighted by Gasteiger charge is -2.02. The normalized spacial score (nSPS) is 11.8. The maximum atomic E-state index is 13.1. The Morgan fingerprint density at radius 2 is 2.08 bits per heavy atom. The number of oxime groups is 1. The number of nitrogens with zero attached hydrogens (tertiary/aromatic N) is 1. The number of hydrogen-bond acceptors (Lipinski definition) is 2. The van der Waals surface area contributed by atoms with Gasteiger partial charge >= 0.3 is 0 Å². The Labute approximate surface area is 85.9 Å². The van der Waals surface area contributed by atoms with Crippen molar-refractivity contribution in [1.82, 2.24) is 0 Å². The zero-order chi connectivity index (χ0) is 10.0. The second-order valence-corrected chi connectivity index (χ2v) is 3.32. The molecule has 0 fully saturated rings. The van der Waals surface area contributed by atoms with Crippen molar-refractivity contribution in [2.75, 3.05) is 0 Å². The zero-order valence-electron chi connectivity index (χ0n) is 6.06. The van der Waals surface area contributed by atoms with Gasteiger partial charge in [-0.05, 0) is 28.1 Å². The lowest BCUT2D eigenvalue weighted by molar-refractivity contribution is 0.320. The van der Waals surface area contributed by atoms with Gasteiger partial charge in [0.25, 0.3) is 0 Å². The molecule has 70 valence electrons. The van der Waals surface area contributed by atoms with Gasteiger partial charge in [-0.3, -0.25) is 0 Å². The van der Waals surface area contributed by atoms with Crippen molar-refractivity contribution < 1.29 is 14.0 Å². The Balaban J connectivity index is 3.42. The van der Waals surface area contributed by atoms with E-state index in [0.717, 1.165) is 6.07 Å². The summed E-state index contributed by atoms with van der Waals surface area (Å²) in [4.78, 5) is 0. The number of benzene rings is 1. The Morgan fingerprint density at radius 1 is 1.46 bits per heavy atom. The molecule has 0 unspecified atom stereocenters. The van der Waals surface area contributed by atoms with E-state index in [4.69, 9.17) is 16.8 Å². The summed E-state index contributed by atoms with van der Waals surface area (Å²) in [5, 5.41) is 10.1. The van der Waals surface area contributed by atoms with Crippen LogP contribution in [0.25, 0.3) is 0 Å². The minimum atomic E-state index is -0.900. The standard InChI is InChI=1S/C7H3BrClF2NO/c8-3-1-2-4(10)5(6(3)11)7(9)12-13/h1-2,13H. The van der Waals surface area contributed by atoms with Crippen LogP contribution in [0, 0.1) is 11.6 Å². The fraction of sp³-hybridized carbons (Fsp3) is 0. The molecule has 1 aromatic carbocycles. The predicted molar refractivity (Wildman–Crippen MR) is 48.2 cm³/mol. The van der Waals surface area contributed by atoms with Crippen LogP contribution >= 0.6 is 27.5 Å².